The van der Waals surface area contributed by atoms with Crippen molar-refractivity contribution in [3.05, 3.63) is 35.4 Å². The molecule has 0 aliphatic carbocycles. The van der Waals surface area contributed by atoms with Gasteiger partial charge in [-0.3, -0.25) is 4.90 Å². The van der Waals surface area contributed by atoms with Crippen LogP contribution < -0.4 is 5.73 Å². The highest BCUT2D eigenvalue weighted by Crippen LogP contribution is 2.25. The van der Waals surface area contributed by atoms with Gasteiger partial charge in [0.2, 0.25) is 0 Å². The van der Waals surface area contributed by atoms with Crippen LogP contribution in [0.1, 0.15) is 30.9 Å². The molecule has 17 heavy (non-hydrogen) atoms. The van der Waals surface area contributed by atoms with Crippen molar-refractivity contribution in [1.29, 1.82) is 0 Å². The highest BCUT2D eigenvalue weighted by atomic mass is 16.3. The summed E-state index contributed by atoms with van der Waals surface area (Å²) in [6.45, 7) is 4.11. The van der Waals surface area contributed by atoms with E-state index in [1.807, 2.05) is 0 Å². The van der Waals surface area contributed by atoms with Gasteiger partial charge in [-0.2, -0.15) is 0 Å². The molecule has 0 spiro atoms. The minimum absolute atomic E-state index is 0.0688. The molecule has 0 bridgehead atoms. The third-order valence-electron chi connectivity index (χ3n) is 3.64. The molecule has 0 saturated carbocycles. The second-order valence-corrected chi connectivity index (χ2v) is 4.88. The molecule has 3 heteroatoms. The summed E-state index contributed by atoms with van der Waals surface area (Å²) < 4.78 is 0. The van der Waals surface area contributed by atoms with E-state index in [4.69, 9.17) is 5.73 Å². The van der Waals surface area contributed by atoms with Crippen LogP contribution in [0.15, 0.2) is 24.3 Å². The smallest absolute Gasteiger partial charge is 0.0602 e. The zero-order valence-electron chi connectivity index (χ0n) is 10.5. The lowest BCUT2D eigenvalue weighted by Gasteiger charge is -2.30. The molecule has 94 valence electrons. The maximum absolute atomic E-state index is 9.54. The number of nitrogens with two attached hydrogens (primary N) is 1. The molecular weight excluding hydrogens is 212 g/mol. The van der Waals surface area contributed by atoms with Gasteiger partial charge in [0.1, 0.15) is 0 Å². The number of aliphatic hydroxyl groups excluding tert-OH is 1. The molecule has 1 aromatic carbocycles. The predicted octanol–water partition coefficient (Wildman–Crippen LogP) is 1.49. The lowest BCUT2D eigenvalue weighted by atomic mass is 10.0. The number of rotatable bonds is 5. The average molecular weight is 234 g/mol. The first kappa shape index (κ1) is 12.6. The zero-order chi connectivity index (χ0) is 12.3. The Morgan fingerprint density at radius 1 is 1.29 bits per heavy atom. The van der Waals surface area contributed by atoms with Gasteiger partial charge in [0.25, 0.3) is 0 Å². The van der Waals surface area contributed by atoms with Gasteiger partial charge in [-0.1, -0.05) is 37.6 Å². The van der Waals surface area contributed by atoms with Crippen LogP contribution in [0.2, 0.25) is 0 Å². The van der Waals surface area contributed by atoms with Crippen molar-refractivity contribution in [3.63, 3.8) is 0 Å². The molecule has 0 fully saturated rings. The third kappa shape index (κ3) is 2.68. The molecule has 2 rings (SSSR count). The van der Waals surface area contributed by atoms with Crippen molar-refractivity contribution in [2.75, 3.05) is 6.61 Å². The lowest BCUT2D eigenvalue weighted by Crippen LogP contribution is -2.47. The van der Waals surface area contributed by atoms with Gasteiger partial charge in [-0.15, -0.1) is 0 Å². The number of hydrogen-bond donors (Lipinski definition) is 2. The Bertz CT molecular complexity index is 342. The topological polar surface area (TPSA) is 49.5 Å². The molecule has 1 aromatic rings. The summed E-state index contributed by atoms with van der Waals surface area (Å²) in [6, 6.07) is 8.62. The molecule has 0 amide bonds. The molecule has 2 atom stereocenters. The van der Waals surface area contributed by atoms with E-state index in [1.165, 1.54) is 11.1 Å². The summed E-state index contributed by atoms with van der Waals surface area (Å²) in [5.74, 6) is 0. The van der Waals surface area contributed by atoms with E-state index in [9.17, 15) is 5.11 Å². The van der Waals surface area contributed by atoms with Crippen LogP contribution in [0, 0.1) is 0 Å². The fraction of sp³-hybridized carbons (Fsp3) is 0.571. The van der Waals surface area contributed by atoms with Crippen LogP contribution in [0.5, 0.6) is 0 Å². The highest BCUT2D eigenvalue weighted by molar-refractivity contribution is 5.30. The highest BCUT2D eigenvalue weighted by Gasteiger charge is 2.28. The van der Waals surface area contributed by atoms with Gasteiger partial charge in [-0.25, -0.2) is 0 Å². The zero-order valence-corrected chi connectivity index (χ0v) is 10.5. The van der Waals surface area contributed by atoms with Gasteiger partial charge in [0.15, 0.2) is 0 Å². The molecule has 0 saturated heterocycles. The number of nitrogens with zero attached hydrogens (tertiary/aromatic N) is 1. The molecule has 1 aliphatic heterocycles. The maximum atomic E-state index is 9.54. The van der Waals surface area contributed by atoms with Crippen molar-refractivity contribution in [3.8, 4) is 0 Å². The van der Waals surface area contributed by atoms with E-state index in [0.717, 1.165) is 25.9 Å². The fourth-order valence-corrected chi connectivity index (χ4v) is 2.64. The minimum atomic E-state index is 0.0688. The van der Waals surface area contributed by atoms with Crippen LogP contribution in [0.3, 0.4) is 0 Å². The SMILES string of the molecule is CCCC(N)C(CO)N1Cc2ccccc2C1. The molecule has 1 aliphatic rings. The number of benzene rings is 1. The van der Waals surface area contributed by atoms with Gasteiger partial charge in [0, 0.05) is 25.2 Å². The molecule has 1 heterocycles. The largest absolute Gasteiger partial charge is 0.395 e. The summed E-state index contributed by atoms with van der Waals surface area (Å²) in [6.07, 6.45) is 2.04. The van der Waals surface area contributed by atoms with Crippen molar-refractivity contribution >= 4 is 0 Å². The van der Waals surface area contributed by atoms with E-state index in [2.05, 4.69) is 36.1 Å². The Morgan fingerprint density at radius 3 is 2.35 bits per heavy atom. The van der Waals surface area contributed by atoms with Crippen LogP contribution in [-0.4, -0.2) is 28.7 Å². The van der Waals surface area contributed by atoms with Gasteiger partial charge < -0.3 is 10.8 Å². The molecule has 3 N–H and O–H groups in total. The minimum Gasteiger partial charge on any atom is -0.395 e. The standard InChI is InChI=1S/C14H22N2O/c1-2-5-13(15)14(10-17)16-8-11-6-3-4-7-12(11)9-16/h3-4,6-7,13-14,17H,2,5,8-10,15H2,1H3. The number of aliphatic hydroxyl groups is 1. The van der Waals surface area contributed by atoms with Crippen molar-refractivity contribution in [2.45, 2.75) is 44.9 Å². The Hall–Kier alpha value is -0.900. The first-order chi connectivity index (χ1) is 8.26. The quantitative estimate of drug-likeness (QED) is 0.811. The first-order valence-corrected chi connectivity index (χ1v) is 6.43. The van der Waals surface area contributed by atoms with Gasteiger partial charge in [0.05, 0.1) is 6.61 Å². The monoisotopic (exact) mass is 234 g/mol. The van der Waals surface area contributed by atoms with E-state index in [-0.39, 0.29) is 18.7 Å². The Morgan fingerprint density at radius 2 is 1.88 bits per heavy atom. The second-order valence-electron chi connectivity index (χ2n) is 4.88. The fourth-order valence-electron chi connectivity index (χ4n) is 2.64. The van der Waals surface area contributed by atoms with Gasteiger partial charge in [-0.05, 0) is 17.5 Å². The number of fused-ring (bicyclic) bond motifs is 1. The van der Waals surface area contributed by atoms with E-state index < -0.39 is 0 Å². The Kier molecular flexibility index (Phi) is 4.15. The average Bonchev–Trinajstić information content (AvgIpc) is 2.73. The normalized spacial score (nSPS) is 19.0. The summed E-state index contributed by atoms with van der Waals surface area (Å²) >= 11 is 0. The lowest BCUT2D eigenvalue weighted by molar-refractivity contribution is 0.0996. The van der Waals surface area contributed by atoms with Gasteiger partial charge >= 0.3 is 0 Å². The van der Waals surface area contributed by atoms with Crippen molar-refractivity contribution in [2.24, 2.45) is 5.73 Å². The Balaban J connectivity index is 2.05. The molecule has 0 radical (unpaired) electrons. The van der Waals surface area contributed by atoms with E-state index >= 15 is 0 Å². The summed E-state index contributed by atoms with van der Waals surface area (Å²) in [7, 11) is 0. The van der Waals surface area contributed by atoms with Crippen LogP contribution in [0.4, 0.5) is 0 Å². The van der Waals surface area contributed by atoms with Crippen molar-refractivity contribution < 1.29 is 5.11 Å². The predicted molar refractivity (Wildman–Crippen MR) is 69.4 cm³/mol. The van der Waals surface area contributed by atoms with Crippen LogP contribution in [0.25, 0.3) is 0 Å². The molecule has 2 unspecified atom stereocenters. The first-order valence-electron chi connectivity index (χ1n) is 6.43. The van der Waals surface area contributed by atoms with Crippen LogP contribution >= 0.6 is 0 Å². The number of hydrogen-bond acceptors (Lipinski definition) is 3. The second kappa shape index (κ2) is 5.63. The van der Waals surface area contributed by atoms with E-state index in [1.54, 1.807) is 0 Å². The maximum Gasteiger partial charge on any atom is 0.0602 e. The molecule has 3 nitrogen and oxygen atoms in total. The van der Waals surface area contributed by atoms with Crippen molar-refractivity contribution in [1.82, 2.24) is 4.90 Å². The summed E-state index contributed by atoms with van der Waals surface area (Å²) in [5, 5.41) is 9.54. The van der Waals surface area contributed by atoms with Crippen LogP contribution in [-0.2, 0) is 13.1 Å². The van der Waals surface area contributed by atoms with E-state index in [0.29, 0.717) is 0 Å². The summed E-state index contributed by atoms with van der Waals surface area (Å²) in [5.41, 5.74) is 8.89. The third-order valence-corrected chi connectivity index (χ3v) is 3.64. The Labute approximate surface area is 103 Å². The molecular formula is C14H22N2O. The summed E-state index contributed by atoms with van der Waals surface area (Å²) in [4.78, 5) is 2.30. The molecule has 0 aromatic heterocycles.